The lowest BCUT2D eigenvalue weighted by atomic mass is 9.65. The molecule has 1 aromatic carbocycles. The molecule has 2 bridgehead atoms. The second kappa shape index (κ2) is 6.15. The largest absolute Gasteiger partial charge is 0.335 e. The number of benzene rings is 1. The summed E-state index contributed by atoms with van der Waals surface area (Å²) >= 11 is 0. The van der Waals surface area contributed by atoms with Crippen molar-refractivity contribution in [2.45, 2.75) is 53.0 Å². The third-order valence-corrected chi connectivity index (χ3v) is 6.58. The molecule has 1 aliphatic carbocycles. The molecule has 3 heterocycles. The van der Waals surface area contributed by atoms with Crippen LogP contribution in [0, 0.1) is 17.8 Å². The van der Waals surface area contributed by atoms with Crippen molar-refractivity contribution in [3.05, 3.63) is 53.9 Å². The molecule has 5 heteroatoms. The quantitative estimate of drug-likeness (QED) is 0.637. The van der Waals surface area contributed by atoms with Crippen LogP contribution in [0.15, 0.2) is 42.6 Å². The van der Waals surface area contributed by atoms with E-state index < -0.39 is 0 Å². The van der Waals surface area contributed by atoms with Crippen LogP contribution in [0.2, 0.25) is 0 Å². The molecule has 2 atom stereocenters. The summed E-state index contributed by atoms with van der Waals surface area (Å²) in [5.74, 6) is 0.0727. The van der Waals surface area contributed by atoms with Crippen LogP contribution in [0.3, 0.4) is 0 Å². The maximum atomic E-state index is 13.6. The Kier molecular flexibility index (Phi) is 3.89. The molecule has 5 rings (SSSR count). The van der Waals surface area contributed by atoms with E-state index in [2.05, 4.69) is 42.9 Å². The Balaban J connectivity index is 1.57. The van der Waals surface area contributed by atoms with Gasteiger partial charge in [-0.1, -0.05) is 51.1 Å². The number of likely N-dealkylation sites (tertiary alicyclic amines) is 1. The maximum Gasteiger partial charge on any atom is 0.259 e. The Morgan fingerprint density at radius 1 is 1.14 bits per heavy atom. The predicted molar refractivity (Wildman–Crippen MR) is 114 cm³/mol. The molecular weight excluding hydrogens is 360 g/mol. The number of carbonyl (C=O) groups excluding carboxylic acids is 1. The van der Waals surface area contributed by atoms with Crippen LogP contribution in [-0.4, -0.2) is 38.0 Å². The lowest BCUT2D eigenvalue weighted by molar-refractivity contribution is 0.0710. The highest BCUT2D eigenvalue weighted by Crippen LogP contribution is 2.52. The molecule has 1 amide bonds. The summed E-state index contributed by atoms with van der Waals surface area (Å²) in [4.78, 5) is 20.4. The van der Waals surface area contributed by atoms with Crippen molar-refractivity contribution in [3.8, 4) is 11.3 Å². The summed E-state index contributed by atoms with van der Waals surface area (Å²) in [5, 5.41) is 4.57. The SMILES string of the molecule is Cc1cc(-c2ccccc2)n2ncc(C(=O)N3CC4(C)CC3CC(C)(C)C4)c2n1. The van der Waals surface area contributed by atoms with Crippen LogP contribution in [0.4, 0.5) is 0 Å². The van der Waals surface area contributed by atoms with Gasteiger partial charge >= 0.3 is 0 Å². The van der Waals surface area contributed by atoms with Gasteiger partial charge in [-0.05, 0) is 43.1 Å². The highest BCUT2D eigenvalue weighted by Gasteiger charge is 2.51. The van der Waals surface area contributed by atoms with Gasteiger partial charge in [-0.3, -0.25) is 4.79 Å². The van der Waals surface area contributed by atoms with E-state index in [1.54, 1.807) is 6.20 Å². The number of hydrogen-bond acceptors (Lipinski definition) is 3. The molecule has 1 aliphatic heterocycles. The third-order valence-electron chi connectivity index (χ3n) is 6.58. The molecule has 1 saturated heterocycles. The van der Waals surface area contributed by atoms with E-state index in [4.69, 9.17) is 4.98 Å². The molecule has 2 aromatic heterocycles. The van der Waals surface area contributed by atoms with Crippen LogP contribution >= 0.6 is 0 Å². The van der Waals surface area contributed by atoms with Crippen LogP contribution in [0.5, 0.6) is 0 Å². The van der Waals surface area contributed by atoms with E-state index in [9.17, 15) is 4.79 Å². The van der Waals surface area contributed by atoms with Crippen molar-refractivity contribution in [2.75, 3.05) is 6.54 Å². The summed E-state index contributed by atoms with van der Waals surface area (Å²) < 4.78 is 1.81. The van der Waals surface area contributed by atoms with E-state index in [0.717, 1.165) is 36.3 Å². The zero-order valence-corrected chi connectivity index (χ0v) is 17.6. The van der Waals surface area contributed by atoms with Crippen molar-refractivity contribution in [1.82, 2.24) is 19.5 Å². The maximum absolute atomic E-state index is 13.6. The highest BCUT2D eigenvalue weighted by molar-refractivity contribution is 6.00. The first-order valence-corrected chi connectivity index (χ1v) is 10.5. The van der Waals surface area contributed by atoms with Crippen LogP contribution in [-0.2, 0) is 0 Å². The third kappa shape index (κ3) is 3.04. The predicted octanol–water partition coefficient (Wildman–Crippen LogP) is 4.75. The van der Waals surface area contributed by atoms with Gasteiger partial charge in [0, 0.05) is 23.8 Å². The highest BCUT2D eigenvalue weighted by atomic mass is 16.2. The second-order valence-corrected chi connectivity index (χ2v) is 10.1. The summed E-state index contributed by atoms with van der Waals surface area (Å²) in [6.45, 7) is 9.80. The number of nitrogens with zero attached hydrogens (tertiary/aromatic N) is 4. The van der Waals surface area contributed by atoms with Crippen LogP contribution < -0.4 is 0 Å². The first kappa shape index (κ1) is 18.3. The van der Waals surface area contributed by atoms with Crippen molar-refractivity contribution in [1.29, 1.82) is 0 Å². The van der Waals surface area contributed by atoms with Gasteiger partial charge in [-0.2, -0.15) is 5.10 Å². The summed E-state index contributed by atoms with van der Waals surface area (Å²) in [7, 11) is 0. The summed E-state index contributed by atoms with van der Waals surface area (Å²) in [6.07, 6.45) is 5.04. The monoisotopic (exact) mass is 388 g/mol. The molecule has 0 radical (unpaired) electrons. The minimum absolute atomic E-state index is 0.0727. The van der Waals surface area contributed by atoms with E-state index in [0.29, 0.717) is 17.3 Å². The number of aryl methyl sites for hydroxylation is 1. The lowest BCUT2D eigenvalue weighted by Gasteiger charge is -2.39. The van der Waals surface area contributed by atoms with Gasteiger partial charge in [0.15, 0.2) is 5.65 Å². The Morgan fingerprint density at radius 3 is 2.66 bits per heavy atom. The number of carbonyl (C=O) groups is 1. The molecule has 2 unspecified atom stereocenters. The molecule has 29 heavy (non-hydrogen) atoms. The first-order valence-electron chi connectivity index (χ1n) is 10.5. The summed E-state index contributed by atoms with van der Waals surface area (Å²) in [5.41, 5.74) is 4.67. The molecule has 1 saturated carbocycles. The number of aromatic nitrogens is 3. The fraction of sp³-hybridized carbons (Fsp3) is 0.458. The fourth-order valence-electron chi connectivity index (χ4n) is 5.90. The number of rotatable bonds is 2. The Bertz CT molecular complexity index is 1100. The van der Waals surface area contributed by atoms with Crippen molar-refractivity contribution in [2.24, 2.45) is 10.8 Å². The molecule has 150 valence electrons. The van der Waals surface area contributed by atoms with Crippen molar-refractivity contribution in [3.63, 3.8) is 0 Å². The molecule has 2 aliphatic rings. The average molecular weight is 389 g/mol. The van der Waals surface area contributed by atoms with E-state index >= 15 is 0 Å². The summed E-state index contributed by atoms with van der Waals surface area (Å²) in [6, 6.07) is 12.5. The van der Waals surface area contributed by atoms with Crippen molar-refractivity contribution >= 4 is 11.6 Å². The van der Waals surface area contributed by atoms with Gasteiger partial charge in [0.1, 0.15) is 5.56 Å². The Labute approximate surface area is 171 Å². The van der Waals surface area contributed by atoms with Gasteiger partial charge < -0.3 is 4.90 Å². The van der Waals surface area contributed by atoms with Crippen LogP contribution in [0.25, 0.3) is 16.9 Å². The molecule has 3 aromatic rings. The number of hydrogen-bond donors (Lipinski definition) is 0. The molecule has 5 nitrogen and oxygen atoms in total. The first-order chi connectivity index (χ1) is 13.7. The Hall–Kier alpha value is -2.69. The zero-order valence-electron chi connectivity index (χ0n) is 17.6. The van der Waals surface area contributed by atoms with Gasteiger partial charge in [0.25, 0.3) is 5.91 Å². The molecule has 0 N–H and O–H groups in total. The average Bonchev–Trinajstić information content (AvgIpc) is 3.18. The van der Waals surface area contributed by atoms with Gasteiger partial charge in [-0.25, -0.2) is 9.50 Å². The van der Waals surface area contributed by atoms with E-state index in [-0.39, 0.29) is 16.7 Å². The van der Waals surface area contributed by atoms with Gasteiger partial charge in [0.2, 0.25) is 0 Å². The number of fused-ring (bicyclic) bond motifs is 3. The smallest absolute Gasteiger partial charge is 0.259 e. The van der Waals surface area contributed by atoms with E-state index in [1.807, 2.05) is 35.7 Å². The molecular formula is C24H28N4O. The second-order valence-electron chi connectivity index (χ2n) is 10.1. The Morgan fingerprint density at radius 2 is 1.90 bits per heavy atom. The zero-order chi connectivity index (χ0) is 20.4. The van der Waals surface area contributed by atoms with E-state index in [1.165, 1.54) is 6.42 Å². The minimum Gasteiger partial charge on any atom is -0.335 e. The lowest BCUT2D eigenvalue weighted by Crippen LogP contribution is -2.37. The van der Waals surface area contributed by atoms with Crippen LogP contribution in [0.1, 0.15) is 56.1 Å². The number of amides is 1. The van der Waals surface area contributed by atoms with Crippen molar-refractivity contribution < 1.29 is 4.79 Å². The van der Waals surface area contributed by atoms with Gasteiger partial charge in [-0.15, -0.1) is 0 Å². The fourth-order valence-corrected chi connectivity index (χ4v) is 5.90. The molecule has 0 spiro atoms. The normalized spacial score (nSPS) is 25.5. The standard InChI is InChI=1S/C24H28N4O/c1-16-10-20(17-8-6-5-7-9-17)28-21(26-16)19(13-25-28)22(29)27-15-24(4)12-18(27)11-23(2,3)14-24/h5-10,13,18H,11-12,14-15H2,1-4H3. The topological polar surface area (TPSA) is 50.5 Å². The molecule has 2 fully saturated rings. The van der Waals surface area contributed by atoms with Gasteiger partial charge in [0.05, 0.1) is 11.9 Å². The minimum atomic E-state index is 0.0727.